The van der Waals surface area contributed by atoms with Crippen molar-refractivity contribution < 1.29 is 22.4 Å². The van der Waals surface area contributed by atoms with Crippen LogP contribution < -0.4 is 5.32 Å². The van der Waals surface area contributed by atoms with E-state index in [1.54, 1.807) is 0 Å². The third kappa shape index (κ3) is 3.12. The van der Waals surface area contributed by atoms with Crippen molar-refractivity contribution in [2.75, 3.05) is 13.2 Å². The summed E-state index contributed by atoms with van der Waals surface area (Å²) in [6, 6.07) is 0.935. The molecular formula is C12H16F3N3O2. The first-order chi connectivity index (χ1) is 9.51. The van der Waals surface area contributed by atoms with E-state index in [4.69, 9.17) is 4.52 Å². The van der Waals surface area contributed by atoms with Crippen molar-refractivity contribution in [2.45, 2.75) is 49.9 Å². The molecule has 3 atom stereocenters. The van der Waals surface area contributed by atoms with E-state index in [1.807, 2.05) is 0 Å². The fourth-order valence-electron chi connectivity index (χ4n) is 2.97. The zero-order valence-corrected chi connectivity index (χ0v) is 10.8. The topological polar surface area (TPSA) is 60.2 Å². The molecule has 1 N–H and O–H groups in total. The summed E-state index contributed by atoms with van der Waals surface area (Å²) in [7, 11) is 0. The maximum Gasteiger partial charge on any atom is 0.411 e. The van der Waals surface area contributed by atoms with E-state index in [0.29, 0.717) is 23.8 Å². The number of aromatic nitrogens is 2. The van der Waals surface area contributed by atoms with E-state index in [0.717, 1.165) is 12.8 Å². The number of alkyl halides is 3. The highest BCUT2D eigenvalue weighted by molar-refractivity contribution is 5.10. The number of nitrogens with zero attached hydrogens (tertiary/aromatic N) is 2. The number of halogens is 3. The van der Waals surface area contributed by atoms with Crippen molar-refractivity contribution in [1.29, 1.82) is 0 Å². The predicted octanol–water partition coefficient (Wildman–Crippen LogP) is 1.80. The maximum absolute atomic E-state index is 11.9. The molecule has 112 valence electrons. The second kappa shape index (κ2) is 5.33. The van der Waals surface area contributed by atoms with Crippen molar-refractivity contribution in [1.82, 2.24) is 15.5 Å². The zero-order chi connectivity index (χ0) is 14.2. The molecule has 2 fully saturated rings. The number of nitrogens with one attached hydrogen (secondary N) is 1. The van der Waals surface area contributed by atoms with Crippen molar-refractivity contribution in [3.05, 3.63) is 11.7 Å². The molecule has 0 amide bonds. The molecule has 0 saturated carbocycles. The molecule has 2 aliphatic heterocycles. The summed E-state index contributed by atoms with van der Waals surface area (Å²) in [4.78, 5) is 4.27. The normalized spacial score (nSPS) is 29.2. The Kier molecular flexibility index (Phi) is 3.68. The molecule has 2 saturated heterocycles. The van der Waals surface area contributed by atoms with Gasteiger partial charge in [0.05, 0.1) is 12.5 Å². The van der Waals surface area contributed by atoms with Crippen LogP contribution in [-0.4, -0.2) is 41.6 Å². The summed E-state index contributed by atoms with van der Waals surface area (Å²) in [5.74, 6) is 1.24. The van der Waals surface area contributed by atoms with Gasteiger partial charge in [0.2, 0.25) is 5.89 Å². The van der Waals surface area contributed by atoms with Gasteiger partial charge in [-0.25, -0.2) is 0 Å². The number of rotatable bonds is 5. The van der Waals surface area contributed by atoms with Crippen LogP contribution in [0.3, 0.4) is 0 Å². The van der Waals surface area contributed by atoms with E-state index in [2.05, 4.69) is 20.2 Å². The molecule has 1 aromatic heterocycles. The van der Waals surface area contributed by atoms with Gasteiger partial charge in [-0.15, -0.1) is 0 Å². The SMILES string of the molecule is FC(F)(F)COCCc1noc(C2CC3CCC2N3)n1. The van der Waals surface area contributed by atoms with Gasteiger partial charge in [-0.2, -0.15) is 18.2 Å². The van der Waals surface area contributed by atoms with Gasteiger partial charge in [-0.05, 0) is 19.3 Å². The molecule has 0 radical (unpaired) electrons. The van der Waals surface area contributed by atoms with Gasteiger partial charge in [0.1, 0.15) is 6.61 Å². The van der Waals surface area contributed by atoms with E-state index in [-0.39, 0.29) is 18.9 Å². The number of hydrogen-bond acceptors (Lipinski definition) is 5. The summed E-state index contributed by atoms with van der Waals surface area (Å²) in [6.07, 6.45) is -0.767. The Labute approximate surface area is 113 Å². The maximum atomic E-state index is 11.9. The fourth-order valence-corrected chi connectivity index (χ4v) is 2.97. The smallest absolute Gasteiger partial charge is 0.372 e. The van der Waals surface area contributed by atoms with Gasteiger partial charge >= 0.3 is 6.18 Å². The van der Waals surface area contributed by atoms with Gasteiger partial charge in [0.15, 0.2) is 5.82 Å². The van der Waals surface area contributed by atoms with Crippen molar-refractivity contribution in [3.63, 3.8) is 0 Å². The van der Waals surface area contributed by atoms with Gasteiger partial charge < -0.3 is 14.6 Å². The monoisotopic (exact) mass is 291 g/mol. The number of fused-ring (bicyclic) bond motifs is 2. The molecular weight excluding hydrogens is 275 g/mol. The molecule has 20 heavy (non-hydrogen) atoms. The highest BCUT2D eigenvalue weighted by Crippen LogP contribution is 2.39. The number of ether oxygens (including phenoxy) is 1. The summed E-state index contributed by atoms with van der Waals surface area (Å²) in [6.45, 7) is -1.30. The summed E-state index contributed by atoms with van der Waals surface area (Å²) < 4.78 is 45.4. The molecule has 5 nitrogen and oxygen atoms in total. The highest BCUT2D eigenvalue weighted by atomic mass is 19.4. The second-order valence-corrected chi connectivity index (χ2v) is 5.36. The first kappa shape index (κ1) is 13.8. The fraction of sp³-hybridized carbons (Fsp3) is 0.833. The molecule has 0 aliphatic carbocycles. The average Bonchev–Trinajstić information content (AvgIpc) is 3.08. The van der Waals surface area contributed by atoms with Gasteiger partial charge in [0, 0.05) is 18.5 Å². The lowest BCUT2D eigenvalue weighted by molar-refractivity contribution is -0.173. The third-order valence-electron chi connectivity index (χ3n) is 3.84. The van der Waals surface area contributed by atoms with Crippen LogP contribution >= 0.6 is 0 Å². The van der Waals surface area contributed by atoms with Crippen molar-refractivity contribution in [3.8, 4) is 0 Å². The van der Waals surface area contributed by atoms with Crippen molar-refractivity contribution in [2.24, 2.45) is 0 Å². The Hall–Kier alpha value is -1.15. The summed E-state index contributed by atoms with van der Waals surface area (Å²) in [5.41, 5.74) is 0. The van der Waals surface area contributed by atoms with E-state index >= 15 is 0 Å². The van der Waals surface area contributed by atoms with Crippen LogP contribution in [0, 0.1) is 0 Å². The minimum absolute atomic E-state index is 0.0621. The molecule has 1 aromatic rings. The lowest BCUT2D eigenvalue weighted by atomic mass is 9.89. The highest BCUT2D eigenvalue weighted by Gasteiger charge is 2.42. The van der Waals surface area contributed by atoms with E-state index < -0.39 is 12.8 Å². The average molecular weight is 291 g/mol. The first-order valence-electron chi connectivity index (χ1n) is 6.74. The summed E-state index contributed by atoms with van der Waals surface area (Å²) >= 11 is 0. The standard InChI is InChI=1S/C12H16F3N3O2/c13-12(14,15)6-19-4-3-10-17-11(20-18-10)8-5-7-1-2-9(8)16-7/h7-9,16H,1-6H2. The van der Waals surface area contributed by atoms with Crippen LogP contribution in [0.2, 0.25) is 0 Å². The first-order valence-corrected chi connectivity index (χ1v) is 6.74. The van der Waals surface area contributed by atoms with Gasteiger partial charge in [0.25, 0.3) is 0 Å². The minimum atomic E-state index is -4.29. The lowest BCUT2D eigenvalue weighted by Gasteiger charge is -2.15. The Morgan fingerprint density at radius 1 is 1.35 bits per heavy atom. The van der Waals surface area contributed by atoms with Crippen LogP contribution in [0.5, 0.6) is 0 Å². The quantitative estimate of drug-likeness (QED) is 0.838. The Morgan fingerprint density at radius 2 is 2.20 bits per heavy atom. The molecule has 3 rings (SSSR count). The summed E-state index contributed by atoms with van der Waals surface area (Å²) in [5, 5.41) is 7.28. The molecule has 8 heteroatoms. The van der Waals surface area contributed by atoms with Gasteiger partial charge in [-0.3, -0.25) is 0 Å². The van der Waals surface area contributed by atoms with Crippen LogP contribution in [-0.2, 0) is 11.2 Å². The van der Waals surface area contributed by atoms with E-state index in [9.17, 15) is 13.2 Å². The van der Waals surface area contributed by atoms with Crippen LogP contribution in [0.4, 0.5) is 13.2 Å². The van der Waals surface area contributed by atoms with Crippen LogP contribution in [0.25, 0.3) is 0 Å². The largest absolute Gasteiger partial charge is 0.411 e. The predicted molar refractivity (Wildman–Crippen MR) is 62.2 cm³/mol. The Balaban J connectivity index is 1.48. The molecule has 3 heterocycles. The minimum Gasteiger partial charge on any atom is -0.372 e. The number of hydrogen-bond donors (Lipinski definition) is 1. The molecule has 0 spiro atoms. The molecule has 2 bridgehead atoms. The second-order valence-electron chi connectivity index (χ2n) is 5.36. The third-order valence-corrected chi connectivity index (χ3v) is 3.84. The van der Waals surface area contributed by atoms with Gasteiger partial charge in [-0.1, -0.05) is 5.16 Å². The zero-order valence-electron chi connectivity index (χ0n) is 10.8. The Morgan fingerprint density at radius 3 is 2.85 bits per heavy atom. The molecule has 3 unspecified atom stereocenters. The van der Waals surface area contributed by atoms with Crippen molar-refractivity contribution >= 4 is 0 Å². The van der Waals surface area contributed by atoms with E-state index in [1.165, 1.54) is 6.42 Å². The molecule has 0 aromatic carbocycles. The molecule has 2 aliphatic rings. The Bertz CT molecular complexity index is 463. The van der Waals surface area contributed by atoms with Crippen LogP contribution in [0.15, 0.2) is 4.52 Å². The lowest BCUT2D eigenvalue weighted by Crippen LogP contribution is -2.21. The van der Waals surface area contributed by atoms with Crippen LogP contribution in [0.1, 0.15) is 36.9 Å².